The molecule has 1 aliphatic rings. The molecule has 1 aromatic carbocycles. The van der Waals surface area contributed by atoms with Gasteiger partial charge in [0.25, 0.3) is 5.91 Å². The van der Waals surface area contributed by atoms with Gasteiger partial charge in [0, 0.05) is 20.1 Å². The lowest BCUT2D eigenvalue weighted by Gasteiger charge is -2.14. The number of hydrogen-bond acceptors (Lipinski definition) is 4. The molecule has 0 unspecified atom stereocenters. The molecule has 0 spiro atoms. The highest BCUT2D eigenvalue weighted by Gasteiger charge is 2.22. The second kappa shape index (κ2) is 4.59. The summed E-state index contributed by atoms with van der Waals surface area (Å²) in [7, 11) is 1.62. The maximum absolute atomic E-state index is 11.7. The van der Waals surface area contributed by atoms with E-state index in [1.807, 2.05) is 6.07 Å². The molecule has 1 aromatic heterocycles. The molecule has 0 fully saturated rings. The third-order valence-electron chi connectivity index (χ3n) is 3.33. The second-order valence-electron chi connectivity index (χ2n) is 4.57. The standard InChI is InChI=1S/C14H15N3OS/c1-16-14(18)13-11(15)6-12(19-13)17-7-9-4-2-3-5-10(9)8-17/h2-6H,7-8,15H2,1H3,(H,16,18). The second-order valence-corrected chi connectivity index (χ2v) is 5.60. The van der Waals surface area contributed by atoms with Gasteiger partial charge in [-0.3, -0.25) is 4.79 Å². The van der Waals surface area contributed by atoms with Crippen LogP contribution in [0.4, 0.5) is 10.7 Å². The van der Waals surface area contributed by atoms with Gasteiger partial charge in [0.2, 0.25) is 0 Å². The Morgan fingerprint density at radius 1 is 1.32 bits per heavy atom. The number of thiophene rings is 1. The Kier molecular flexibility index (Phi) is 2.91. The number of fused-ring (bicyclic) bond motifs is 1. The van der Waals surface area contributed by atoms with Gasteiger partial charge >= 0.3 is 0 Å². The van der Waals surface area contributed by atoms with E-state index in [9.17, 15) is 4.79 Å². The number of hydrogen-bond donors (Lipinski definition) is 2. The smallest absolute Gasteiger partial charge is 0.263 e. The summed E-state index contributed by atoms with van der Waals surface area (Å²) < 4.78 is 0. The molecule has 4 nitrogen and oxygen atoms in total. The molecule has 0 saturated carbocycles. The fraction of sp³-hybridized carbons (Fsp3) is 0.214. The average Bonchev–Trinajstić information content (AvgIpc) is 3.00. The van der Waals surface area contributed by atoms with E-state index in [0.717, 1.165) is 18.1 Å². The summed E-state index contributed by atoms with van der Waals surface area (Å²) in [4.78, 5) is 14.5. The van der Waals surface area contributed by atoms with Crippen LogP contribution < -0.4 is 16.0 Å². The number of carbonyl (C=O) groups excluding carboxylic acids is 1. The highest BCUT2D eigenvalue weighted by molar-refractivity contribution is 7.18. The van der Waals surface area contributed by atoms with Crippen LogP contribution in [0.15, 0.2) is 30.3 Å². The molecule has 19 heavy (non-hydrogen) atoms. The zero-order valence-corrected chi connectivity index (χ0v) is 11.5. The van der Waals surface area contributed by atoms with E-state index in [1.54, 1.807) is 7.05 Å². The number of rotatable bonds is 2. The highest BCUT2D eigenvalue weighted by Crippen LogP contribution is 2.36. The maximum Gasteiger partial charge on any atom is 0.263 e. The van der Waals surface area contributed by atoms with E-state index in [0.29, 0.717) is 10.6 Å². The van der Waals surface area contributed by atoms with Crippen LogP contribution in [-0.2, 0) is 13.1 Å². The fourth-order valence-corrected chi connectivity index (χ4v) is 3.35. The average molecular weight is 273 g/mol. The zero-order chi connectivity index (χ0) is 13.4. The Morgan fingerprint density at radius 3 is 2.53 bits per heavy atom. The molecule has 0 radical (unpaired) electrons. The number of amides is 1. The van der Waals surface area contributed by atoms with Crippen molar-refractivity contribution in [1.82, 2.24) is 5.32 Å². The van der Waals surface area contributed by atoms with Crippen molar-refractivity contribution in [2.24, 2.45) is 0 Å². The van der Waals surface area contributed by atoms with Crippen molar-refractivity contribution in [2.75, 3.05) is 17.7 Å². The predicted octanol–water partition coefficient (Wildman–Crippen LogP) is 2.21. The molecule has 98 valence electrons. The number of anilines is 2. The highest BCUT2D eigenvalue weighted by atomic mass is 32.1. The van der Waals surface area contributed by atoms with Gasteiger partial charge in [-0.25, -0.2) is 0 Å². The van der Waals surface area contributed by atoms with Crippen molar-refractivity contribution in [3.05, 3.63) is 46.3 Å². The van der Waals surface area contributed by atoms with E-state index < -0.39 is 0 Å². The molecule has 5 heteroatoms. The molecular weight excluding hydrogens is 258 g/mol. The summed E-state index contributed by atoms with van der Waals surface area (Å²) in [6, 6.07) is 10.3. The van der Waals surface area contributed by atoms with Crippen molar-refractivity contribution >= 4 is 27.9 Å². The monoisotopic (exact) mass is 273 g/mol. The van der Waals surface area contributed by atoms with Gasteiger partial charge in [0.1, 0.15) is 4.88 Å². The van der Waals surface area contributed by atoms with Gasteiger partial charge in [0.05, 0.1) is 10.7 Å². The number of nitrogen functional groups attached to an aromatic ring is 1. The Hall–Kier alpha value is -2.01. The first-order chi connectivity index (χ1) is 9.19. The van der Waals surface area contributed by atoms with E-state index in [4.69, 9.17) is 5.73 Å². The minimum atomic E-state index is -0.120. The van der Waals surface area contributed by atoms with Gasteiger partial charge in [-0.2, -0.15) is 0 Å². The molecule has 2 heterocycles. The first-order valence-corrected chi connectivity index (χ1v) is 6.94. The van der Waals surface area contributed by atoms with Crippen LogP contribution in [0.25, 0.3) is 0 Å². The van der Waals surface area contributed by atoms with Crippen LogP contribution in [0, 0.1) is 0 Å². The SMILES string of the molecule is CNC(=O)c1sc(N2Cc3ccccc3C2)cc1N. The van der Waals surface area contributed by atoms with E-state index >= 15 is 0 Å². The van der Waals surface area contributed by atoms with Crippen molar-refractivity contribution in [3.63, 3.8) is 0 Å². The molecule has 3 N–H and O–H groups in total. The summed E-state index contributed by atoms with van der Waals surface area (Å²) >= 11 is 1.45. The van der Waals surface area contributed by atoms with Crippen molar-refractivity contribution in [1.29, 1.82) is 0 Å². The lowest BCUT2D eigenvalue weighted by Crippen LogP contribution is -2.17. The molecule has 1 aliphatic heterocycles. The van der Waals surface area contributed by atoms with Crippen molar-refractivity contribution < 1.29 is 4.79 Å². The zero-order valence-electron chi connectivity index (χ0n) is 10.6. The Morgan fingerprint density at radius 2 is 1.95 bits per heavy atom. The van der Waals surface area contributed by atoms with Crippen LogP contribution in [0.1, 0.15) is 20.8 Å². The Labute approximate surface area is 115 Å². The molecule has 2 aromatic rings. The van der Waals surface area contributed by atoms with Crippen LogP contribution in [0.2, 0.25) is 0 Å². The number of nitrogens with one attached hydrogen (secondary N) is 1. The third kappa shape index (κ3) is 2.06. The molecular formula is C14H15N3OS. The molecule has 0 saturated heterocycles. The molecule has 1 amide bonds. The summed E-state index contributed by atoms with van der Waals surface area (Å²) in [5, 5.41) is 3.66. The van der Waals surface area contributed by atoms with Crippen molar-refractivity contribution in [2.45, 2.75) is 13.1 Å². The molecule has 0 aliphatic carbocycles. The number of carbonyl (C=O) groups is 1. The summed E-state index contributed by atoms with van der Waals surface area (Å²) in [5.41, 5.74) is 9.15. The van der Waals surface area contributed by atoms with E-state index in [2.05, 4.69) is 34.5 Å². The molecule has 3 rings (SSSR count). The van der Waals surface area contributed by atoms with Crippen LogP contribution in [0.5, 0.6) is 0 Å². The third-order valence-corrected chi connectivity index (χ3v) is 4.54. The summed E-state index contributed by atoms with van der Waals surface area (Å²) in [6.45, 7) is 1.76. The minimum Gasteiger partial charge on any atom is -0.397 e. The maximum atomic E-state index is 11.7. The van der Waals surface area contributed by atoms with Gasteiger partial charge in [-0.15, -0.1) is 11.3 Å². The normalized spacial score (nSPS) is 13.4. The number of nitrogens with zero attached hydrogens (tertiary/aromatic N) is 1. The minimum absolute atomic E-state index is 0.120. The van der Waals surface area contributed by atoms with Gasteiger partial charge in [-0.1, -0.05) is 24.3 Å². The van der Waals surface area contributed by atoms with Gasteiger partial charge in [-0.05, 0) is 17.2 Å². The lowest BCUT2D eigenvalue weighted by molar-refractivity contribution is 0.0968. The van der Waals surface area contributed by atoms with E-state index in [-0.39, 0.29) is 5.91 Å². The van der Waals surface area contributed by atoms with Crippen LogP contribution in [-0.4, -0.2) is 13.0 Å². The topological polar surface area (TPSA) is 58.4 Å². The first-order valence-electron chi connectivity index (χ1n) is 6.12. The summed E-state index contributed by atoms with van der Waals surface area (Å²) in [6.07, 6.45) is 0. The fourth-order valence-electron chi connectivity index (χ4n) is 2.33. The Bertz CT molecular complexity index is 610. The number of benzene rings is 1. The number of nitrogens with two attached hydrogens (primary N) is 1. The first kappa shape index (κ1) is 12.0. The quantitative estimate of drug-likeness (QED) is 0.882. The lowest BCUT2D eigenvalue weighted by atomic mass is 10.1. The summed E-state index contributed by atoms with van der Waals surface area (Å²) in [5.74, 6) is -0.120. The van der Waals surface area contributed by atoms with Gasteiger partial charge in [0.15, 0.2) is 0 Å². The molecule has 0 bridgehead atoms. The van der Waals surface area contributed by atoms with E-state index in [1.165, 1.54) is 22.5 Å². The predicted molar refractivity (Wildman–Crippen MR) is 78.5 cm³/mol. The largest absolute Gasteiger partial charge is 0.397 e. The van der Waals surface area contributed by atoms with Crippen LogP contribution in [0.3, 0.4) is 0 Å². The van der Waals surface area contributed by atoms with Crippen LogP contribution >= 0.6 is 11.3 Å². The van der Waals surface area contributed by atoms with Gasteiger partial charge < -0.3 is 16.0 Å². The Balaban J connectivity index is 1.88. The van der Waals surface area contributed by atoms with Crippen molar-refractivity contribution in [3.8, 4) is 0 Å². The molecule has 0 atom stereocenters.